The smallest absolute Gasteiger partial charge is 0.333 e. The van der Waals surface area contributed by atoms with E-state index in [9.17, 15) is 4.79 Å². The van der Waals surface area contributed by atoms with Crippen LogP contribution >= 0.6 is 11.8 Å². The maximum Gasteiger partial charge on any atom is 0.333 e. The molecule has 2 fully saturated rings. The fourth-order valence-corrected chi connectivity index (χ4v) is 6.40. The summed E-state index contributed by atoms with van der Waals surface area (Å²) in [6, 6.07) is 0. The van der Waals surface area contributed by atoms with Crippen molar-refractivity contribution >= 4 is 17.7 Å². The molecule has 0 amide bonds. The fraction of sp³-hybridized carbons (Fsp3) is 0.737. The van der Waals surface area contributed by atoms with Crippen LogP contribution in [-0.2, 0) is 9.53 Å². The van der Waals surface area contributed by atoms with Crippen molar-refractivity contribution in [3.63, 3.8) is 0 Å². The minimum Gasteiger partial charge on any atom is -0.455 e. The third-order valence-corrected chi connectivity index (χ3v) is 7.68. The number of carbonyl (C=O) groups excluding carboxylic acids is 1. The average molecular weight is 320 g/mol. The first kappa shape index (κ1) is 16.2. The van der Waals surface area contributed by atoms with Gasteiger partial charge in [-0.15, -0.1) is 0 Å². The zero-order valence-corrected chi connectivity index (χ0v) is 14.9. The topological polar surface area (TPSA) is 26.3 Å². The molecule has 2 heterocycles. The first-order chi connectivity index (χ1) is 10.4. The van der Waals surface area contributed by atoms with Gasteiger partial charge in [0.25, 0.3) is 0 Å². The summed E-state index contributed by atoms with van der Waals surface area (Å²) in [5.41, 5.74) is 1.66. The van der Waals surface area contributed by atoms with E-state index < -0.39 is 0 Å². The molecule has 0 aromatic carbocycles. The van der Waals surface area contributed by atoms with E-state index in [0.29, 0.717) is 22.7 Å². The van der Waals surface area contributed by atoms with Gasteiger partial charge in [0, 0.05) is 27.9 Å². The Balaban J connectivity index is 1.84. The summed E-state index contributed by atoms with van der Waals surface area (Å²) in [6.07, 6.45) is 9.53. The molecule has 0 radical (unpaired) electrons. The number of thioether (sulfide) groups is 1. The van der Waals surface area contributed by atoms with E-state index in [-0.39, 0.29) is 11.6 Å². The van der Waals surface area contributed by atoms with Gasteiger partial charge in [-0.3, -0.25) is 0 Å². The molecule has 0 N–H and O–H groups in total. The van der Waals surface area contributed by atoms with Crippen molar-refractivity contribution in [3.05, 3.63) is 23.8 Å². The summed E-state index contributed by atoms with van der Waals surface area (Å²) in [4.78, 5) is 12.3. The summed E-state index contributed by atoms with van der Waals surface area (Å²) in [7, 11) is 0. The molecule has 0 saturated carbocycles. The van der Waals surface area contributed by atoms with Gasteiger partial charge in [0.15, 0.2) is 0 Å². The lowest BCUT2D eigenvalue weighted by Gasteiger charge is -2.45. The minimum atomic E-state index is -0.333. The molecule has 0 aromatic heterocycles. The number of hydrogen-bond acceptors (Lipinski definition) is 3. The van der Waals surface area contributed by atoms with Gasteiger partial charge in [0.1, 0.15) is 5.60 Å². The fourth-order valence-electron chi connectivity index (χ4n) is 4.48. The van der Waals surface area contributed by atoms with Crippen LogP contribution < -0.4 is 0 Å². The Labute approximate surface area is 138 Å². The predicted octanol–water partition coefficient (Wildman–Crippen LogP) is 4.89. The lowest BCUT2D eigenvalue weighted by molar-refractivity contribution is -0.168. The molecule has 3 heteroatoms. The first-order valence-corrected chi connectivity index (χ1v) is 9.54. The van der Waals surface area contributed by atoms with Gasteiger partial charge >= 0.3 is 5.97 Å². The second-order valence-electron chi connectivity index (χ2n) is 7.59. The number of rotatable bonds is 4. The van der Waals surface area contributed by atoms with Crippen molar-refractivity contribution < 1.29 is 9.53 Å². The van der Waals surface area contributed by atoms with E-state index in [4.69, 9.17) is 4.74 Å². The van der Waals surface area contributed by atoms with Crippen LogP contribution in [0.25, 0.3) is 0 Å². The summed E-state index contributed by atoms with van der Waals surface area (Å²) in [6.45, 7) is 9.95. The molecule has 2 saturated heterocycles. The van der Waals surface area contributed by atoms with Crippen LogP contribution in [0.2, 0.25) is 0 Å². The Morgan fingerprint density at radius 3 is 2.68 bits per heavy atom. The Bertz CT molecular complexity index is 510. The summed E-state index contributed by atoms with van der Waals surface area (Å²) in [5.74, 6) is 0.752. The summed E-state index contributed by atoms with van der Waals surface area (Å²) in [5, 5.41) is 1.47. The van der Waals surface area contributed by atoms with Crippen molar-refractivity contribution in [1.82, 2.24) is 0 Å². The van der Waals surface area contributed by atoms with E-state index in [1.807, 2.05) is 0 Å². The molecule has 122 valence electrons. The second kappa shape index (κ2) is 6.07. The number of hydrogen-bond donors (Lipinski definition) is 0. The van der Waals surface area contributed by atoms with E-state index in [1.165, 1.54) is 24.8 Å². The lowest BCUT2D eigenvalue weighted by atomic mass is 9.67. The molecule has 3 rings (SSSR count). The SMILES string of the molecule is C=C(C)C(=O)OC(C)(C1CC=C(C)CC1)C1CC2CCC1S2. The summed E-state index contributed by atoms with van der Waals surface area (Å²) >= 11 is 2.14. The van der Waals surface area contributed by atoms with Gasteiger partial charge in [-0.1, -0.05) is 18.2 Å². The van der Waals surface area contributed by atoms with Crippen LogP contribution in [0.4, 0.5) is 0 Å². The number of ether oxygens (including phenoxy) is 1. The monoisotopic (exact) mass is 320 g/mol. The van der Waals surface area contributed by atoms with Gasteiger partial charge in [0.2, 0.25) is 0 Å². The third kappa shape index (κ3) is 2.89. The van der Waals surface area contributed by atoms with Crippen LogP contribution in [-0.4, -0.2) is 22.1 Å². The Hall–Kier alpha value is -0.700. The average Bonchev–Trinajstić information content (AvgIpc) is 3.10. The van der Waals surface area contributed by atoms with Crippen molar-refractivity contribution in [2.75, 3.05) is 0 Å². The lowest BCUT2D eigenvalue weighted by Crippen LogP contribution is -2.50. The van der Waals surface area contributed by atoms with Crippen molar-refractivity contribution in [3.8, 4) is 0 Å². The van der Waals surface area contributed by atoms with Crippen molar-refractivity contribution in [1.29, 1.82) is 0 Å². The number of allylic oxidation sites excluding steroid dienone is 2. The van der Waals surface area contributed by atoms with E-state index in [2.05, 4.69) is 38.3 Å². The Morgan fingerprint density at radius 1 is 1.41 bits per heavy atom. The van der Waals surface area contributed by atoms with E-state index in [1.54, 1.807) is 6.92 Å². The molecule has 1 aliphatic carbocycles. The molecule has 5 unspecified atom stereocenters. The molecule has 22 heavy (non-hydrogen) atoms. The van der Waals surface area contributed by atoms with Crippen molar-refractivity contribution in [2.24, 2.45) is 11.8 Å². The number of fused-ring (bicyclic) bond motifs is 2. The van der Waals surface area contributed by atoms with Gasteiger partial charge in [-0.25, -0.2) is 4.79 Å². The molecule has 0 aromatic rings. The minimum absolute atomic E-state index is 0.207. The highest BCUT2D eigenvalue weighted by molar-refractivity contribution is 8.01. The molecule has 2 bridgehead atoms. The molecule has 2 aliphatic heterocycles. The predicted molar refractivity (Wildman–Crippen MR) is 92.9 cm³/mol. The molecule has 0 spiro atoms. The number of esters is 1. The van der Waals surface area contributed by atoms with Crippen molar-refractivity contribution in [2.45, 2.75) is 75.4 Å². The van der Waals surface area contributed by atoms with Gasteiger partial charge in [-0.05, 0) is 59.3 Å². The van der Waals surface area contributed by atoms with Gasteiger partial charge in [-0.2, -0.15) is 11.8 Å². The highest BCUT2D eigenvalue weighted by Gasteiger charge is 2.54. The Kier molecular flexibility index (Phi) is 4.46. The first-order valence-electron chi connectivity index (χ1n) is 8.60. The highest BCUT2D eigenvalue weighted by Crippen LogP contribution is 2.56. The molecular weight excluding hydrogens is 292 g/mol. The van der Waals surface area contributed by atoms with E-state index >= 15 is 0 Å². The maximum absolute atomic E-state index is 12.3. The zero-order chi connectivity index (χ0) is 15.9. The summed E-state index contributed by atoms with van der Waals surface area (Å²) < 4.78 is 6.13. The van der Waals surface area contributed by atoms with Crippen LogP contribution in [0.15, 0.2) is 23.8 Å². The van der Waals surface area contributed by atoms with E-state index in [0.717, 1.165) is 24.5 Å². The molecule has 3 aliphatic rings. The second-order valence-corrected chi connectivity index (χ2v) is 9.14. The standard InChI is InChI=1S/C19H28O2S/c1-12(2)18(20)21-19(4,14-7-5-13(3)6-8-14)16-11-15-9-10-17(16)22-15/h5,14-17H,1,6-11H2,2-4H3. The van der Waals surface area contributed by atoms with Gasteiger partial charge < -0.3 is 4.74 Å². The van der Waals surface area contributed by atoms with Gasteiger partial charge in [0.05, 0.1) is 0 Å². The normalized spacial score (nSPS) is 36.6. The van der Waals surface area contributed by atoms with Crippen LogP contribution in [0.1, 0.15) is 59.3 Å². The largest absolute Gasteiger partial charge is 0.455 e. The highest BCUT2D eigenvalue weighted by atomic mass is 32.2. The maximum atomic E-state index is 12.3. The third-order valence-electron chi connectivity index (χ3n) is 5.95. The van der Waals surface area contributed by atoms with Crippen LogP contribution in [0, 0.1) is 11.8 Å². The molecular formula is C19H28O2S. The quantitative estimate of drug-likeness (QED) is 0.419. The molecule has 5 atom stereocenters. The molecule has 2 nitrogen and oxygen atoms in total. The van der Waals surface area contributed by atoms with Crippen LogP contribution in [0.5, 0.6) is 0 Å². The number of carbonyl (C=O) groups is 1. The van der Waals surface area contributed by atoms with Crippen LogP contribution in [0.3, 0.4) is 0 Å². The zero-order valence-electron chi connectivity index (χ0n) is 14.1. The Morgan fingerprint density at radius 2 is 2.18 bits per heavy atom.